The molecule has 5 aromatic rings. The third-order valence-corrected chi connectivity index (χ3v) is 9.67. The summed E-state index contributed by atoms with van der Waals surface area (Å²) in [5.41, 5.74) is 7.38. The van der Waals surface area contributed by atoms with Crippen LogP contribution in [0.3, 0.4) is 0 Å². The topological polar surface area (TPSA) is 126 Å². The second kappa shape index (κ2) is 13.7. The summed E-state index contributed by atoms with van der Waals surface area (Å²) in [6, 6.07) is 21.8. The van der Waals surface area contributed by atoms with Gasteiger partial charge in [-0.25, -0.2) is 0 Å². The first kappa shape index (κ1) is 30.5. The smallest absolute Gasteiger partial charge is 0.230 e. The van der Waals surface area contributed by atoms with Crippen LogP contribution >= 0.6 is 0 Å². The number of rotatable bonds is 9. The SMILES string of the molecule is CCC1CC=Cc2c(CC(=O)Nc3ccc(C4CCCC(c5ccc(NC(=O)Cc6cccc7[nH]ccc67)nn5)C4)nn3)cccc21. The molecule has 2 aromatic carbocycles. The van der Waals surface area contributed by atoms with E-state index in [1.54, 1.807) is 0 Å². The summed E-state index contributed by atoms with van der Waals surface area (Å²) in [6.07, 6.45) is 12.9. The minimum absolute atomic E-state index is 0.0959. The van der Waals surface area contributed by atoms with E-state index in [2.05, 4.69) is 67.2 Å². The molecule has 2 amide bonds. The molecule has 3 unspecified atom stereocenters. The van der Waals surface area contributed by atoms with Crippen LogP contribution in [0.1, 0.15) is 96.8 Å². The molecule has 7 rings (SSSR count). The summed E-state index contributed by atoms with van der Waals surface area (Å²) in [7, 11) is 0. The molecule has 47 heavy (non-hydrogen) atoms. The first-order valence-electron chi connectivity index (χ1n) is 16.6. The molecule has 3 heterocycles. The minimum atomic E-state index is -0.127. The number of amides is 2. The summed E-state index contributed by atoms with van der Waals surface area (Å²) in [6.45, 7) is 2.21. The van der Waals surface area contributed by atoms with Crippen LogP contribution in [0.5, 0.6) is 0 Å². The molecule has 1 fully saturated rings. The Morgan fingerprint density at radius 3 is 2.11 bits per heavy atom. The van der Waals surface area contributed by atoms with Gasteiger partial charge in [0.05, 0.1) is 24.2 Å². The maximum absolute atomic E-state index is 13.0. The normalized spacial score (nSPS) is 18.9. The van der Waals surface area contributed by atoms with Crippen molar-refractivity contribution in [3.63, 3.8) is 0 Å². The first-order chi connectivity index (χ1) is 23.0. The predicted octanol–water partition coefficient (Wildman–Crippen LogP) is 7.46. The highest BCUT2D eigenvalue weighted by atomic mass is 16.2. The average Bonchev–Trinajstić information content (AvgIpc) is 3.59. The van der Waals surface area contributed by atoms with E-state index in [1.165, 1.54) is 11.1 Å². The predicted molar refractivity (Wildman–Crippen MR) is 184 cm³/mol. The quantitative estimate of drug-likeness (QED) is 0.156. The summed E-state index contributed by atoms with van der Waals surface area (Å²) < 4.78 is 0. The Morgan fingerprint density at radius 2 is 1.45 bits per heavy atom. The summed E-state index contributed by atoms with van der Waals surface area (Å²) in [5, 5.41) is 24.6. The highest BCUT2D eigenvalue weighted by Gasteiger charge is 2.27. The molecule has 1 saturated carbocycles. The van der Waals surface area contributed by atoms with Crippen LogP contribution in [-0.2, 0) is 22.4 Å². The number of hydrogen-bond donors (Lipinski definition) is 3. The van der Waals surface area contributed by atoms with Crippen molar-refractivity contribution in [2.75, 3.05) is 10.6 Å². The van der Waals surface area contributed by atoms with Gasteiger partial charge in [0.2, 0.25) is 11.8 Å². The van der Waals surface area contributed by atoms with Crippen molar-refractivity contribution in [1.82, 2.24) is 25.4 Å². The number of nitrogens with one attached hydrogen (secondary N) is 3. The molecule has 3 aromatic heterocycles. The van der Waals surface area contributed by atoms with E-state index < -0.39 is 0 Å². The Morgan fingerprint density at radius 1 is 0.787 bits per heavy atom. The number of carbonyl (C=O) groups excluding carboxylic acids is 2. The zero-order chi connectivity index (χ0) is 32.2. The van der Waals surface area contributed by atoms with Gasteiger partial charge in [-0.05, 0) is 96.7 Å². The molecule has 238 valence electrons. The van der Waals surface area contributed by atoms with E-state index in [9.17, 15) is 9.59 Å². The second-order valence-electron chi connectivity index (χ2n) is 12.7. The highest BCUT2D eigenvalue weighted by molar-refractivity contribution is 5.95. The molecule has 3 N–H and O–H groups in total. The lowest BCUT2D eigenvalue weighted by Gasteiger charge is -2.28. The Bertz CT molecular complexity index is 1910. The Hall–Kier alpha value is -5.18. The van der Waals surface area contributed by atoms with Gasteiger partial charge in [-0.3, -0.25) is 9.59 Å². The zero-order valence-electron chi connectivity index (χ0n) is 26.6. The summed E-state index contributed by atoms with van der Waals surface area (Å²) in [5.74, 6) is 1.70. The fraction of sp³-hybridized carbons (Fsp3) is 0.316. The van der Waals surface area contributed by atoms with Gasteiger partial charge in [-0.1, -0.05) is 55.8 Å². The molecule has 0 saturated heterocycles. The number of aromatic amines is 1. The molecule has 0 bridgehead atoms. The average molecular weight is 626 g/mol. The van der Waals surface area contributed by atoms with Crippen molar-refractivity contribution >= 4 is 40.4 Å². The first-order valence-corrected chi connectivity index (χ1v) is 16.6. The van der Waals surface area contributed by atoms with E-state index >= 15 is 0 Å². The number of aromatic nitrogens is 5. The van der Waals surface area contributed by atoms with E-state index in [4.69, 9.17) is 0 Å². The van der Waals surface area contributed by atoms with Crippen LogP contribution in [-0.4, -0.2) is 37.2 Å². The summed E-state index contributed by atoms with van der Waals surface area (Å²) >= 11 is 0. The Balaban J connectivity index is 0.933. The van der Waals surface area contributed by atoms with Crippen molar-refractivity contribution in [2.24, 2.45) is 0 Å². The maximum atomic E-state index is 13.0. The number of fused-ring (bicyclic) bond motifs is 2. The van der Waals surface area contributed by atoms with E-state index in [0.29, 0.717) is 24.0 Å². The largest absolute Gasteiger partial charge is 0.361 e. The van der Waals surface area contributed by atoms with Crippen LogP contribution in [0.4, 0.5) is 11.6 Å². The lowest BCUT2D eigenvalue weighted by Crippen LogP contribution is -2.19. The summed E-state index contributed by atoms with van der Waals surface area (Å²) in [4.78, 5) is 28.9. The fourth-order valence-corrected chi connectivity index (χ4v) is 7.22. The minimum Gasteiger partial charge on any atom is -0.361 e. The number of allylic oxidation sites excluding steroid dienone is 1. The van der Waals surface area contributed by atoms with Crippen LogP contribution in [0.15, 0.2) is 79.0 Å². The monoisotopic (exact) mass is 625 g/mol. The lowest BCUT2D eigenvalue weighted by atomic mass is 9.78. The van der Waals surface area contributed by atoms with Crippen molar-refractivity contribution in [1.29, 1.82) is 0 Å². The van der Waals surface area contributed by atoms with Crippen LogP contribution < -0.4 is 10.6 Å². The van der Waals surface area contributed by atoms with E-state index in [-0.39, 0.29) is 30.1 Å². The number of anilines is 2. The van der Waals surface area contributed by atoms with Gasteiger partial charge in [0.15, 0.2) is 11.6 Å². The van der Waals surface area contributed by atoms with Crippen molar-refractivity contribution < 1.29 is 9.59 Å². The number of nitrogens with zero attached hydrogens (tertiary/aromatic N) is 4. The Labute approximate surface area is 274 Å². The number of benzene rings is 2. The third-order valence-electron chi connectivity index (χ3n) is 9.67. The molecular weight excluding hydrogens is 586 g/mol. The molecule has 2 aliphatic rings. The van der Waals surface area contributed by atoms with Gasteiger partial charge < -0.3 is 15.6 Å². The molecule has 9 nitrogen and oxygen atoms in total. The van der Waals surface area contributed by atoms with Crippen LogP contribution in [0.25, 0.3) is 17.0 Å². The van der Waals surface area contributed by atoms with E-state index in [0.717, 1.165) is 71.9 Å². The number of hydrogen-bond acceptors (Lipinski definition) is 6. The maximum Gasteiger partial charge on any atom is 0.230 e. The molecule has 9 heteroatoms. The number of carbonyl (C=O) groups is 2. The van der Waals surface area contributed by atoms with Gasteiger partial charge in [0, 0.05) is 28.9 Å². The fourth-order valence-electron chi connectivity index (χ4n) is 7.22. The van der Waals surface area contributed by atoms with Crippen LogP contribution in [0, 0.1) is 0 Å². The zero-order valence-corrected chi connectivity index (χ0v) is 26.6. The molecule has 0 spiro atoms. The van der Waals surface area contributed by atoms with Gasteiger partial charge >= 0.3 is 0 Å². The Kier molecular flexibility index (Phi) is 8.86. The van der Waals surface area contributed by atoms with Crippen LogP contribution in [0.2, 0.25) is 0 Å². The van der Waals surface area contributed by atoms with Gasteiger partial charge in [-0.2, -0.15) is 10.2 Å². The molecule has 0 radical (unpaired) electrons. The lowest BCUT2D eigenvalue weighted by molar-refractivity contribution is -0.116. The molecule has 3 atom stereocenters. The van der Waals surface area contributed by atoms with Crippen molar-refractivity contribution in [2.45, 2.75) is 76.0 Å². The van der Waals surface area contributed by atoms with Gasteiger partial charge in [0.25, 0.3) is 0 Å². The molecule has 0 aliphatic heterocycles. The third kappa shape index (κ3) is 6.84. The number of H-pyrrole nitrogens is 1. The van der Waals surface area contributed by atoms with E-state index in [1.807, 2.05) is 60.8 Å². The van der Waals surface area contributed by atoms with Gasteiger partial charge in [0.1, 0.15) is 0 Å². The standard InChI is InChI=1S/C38H39N7O2/c1-2-24-7-4-13-30-25(8-5-12-29(24)30)22-37(46)40-35-17-15-32(42-44-35)27-10-3-11-28(21-27)33-16-18-36(45-43-33)41-38(47)23-26-9-6-14-34-31(26)19-20-39-34/h4-6,8-9,12-20,24,27-28,39H,2-3,7,10-11,21-23H2,1H3,(H,40,44,46)(H,41,45,47). The molecular formula is C38H39N7O2. The van der Waals surface area contributed by atoms with Gasteiger partial charge in [-0.15, -0.1) is 10.2 Å². The highest BCUT2D eigenvalue weighted by Crippen LogP contribution is 2.40. The van der Waals surface area contributed by atoms with Crippen molar-refractivity contribution in [3.8, 4) is 0 Å². The van der Waals surface area contributed by atoms with Crippen molar-refractivity contribution in [3.05, 3.63) is 113 Å². The second-order valence-corrected chi connectivity index (χ2v) is 12.7. The molecule has 2 aliphatic carbocycles.